The Morgan fingerprint density at radius 2 is 2.35 bits per heavy atom. The molecular formula is C18H19NO2S2. The lowest BCUT2D eigenvalue weighted by molar-refractivity contribution is -0.117. The molecule has 0 bridgehead atoms. The van der Waals surface area contributed by atoms with Gasteiger partial charge >= 0.3 is 0 Å². The number of fused-ring (bicyclic) bond motifs is 3. The highest BCUT2D eigenvalue weighted by Crippen LogP contribution is 2.43. The Morgan fingerprint density at radius 1 is 1.43 bits per heavy atom. The van der Waals surface area contributed by atoms with Crippen LogP contribution in [0.3, 0.4) is 0 Å². The normalized spacial score (nSPS) is 19.7. The predicted molar refractivity (Wildman–Crippen MR) is 95.3 cm³/mol. The van der Waals surface area contributed by atoms with E-state index in [4.69, 9.17) is 4.42 Å². The van der Waals surface area contributed by atoms with Crippen LogP contribution in [0.25, 0.3) is 6.08 Å². The molecule has 1 amide bonds. The molecule has 0 saturated carbocycles. The van der Waals surface area contributed by atoms with Crippen LogP contribution in [-0.2, 0) is 29.9 Å². The maximum absolute atomic E-state index is 12.4. The highest BCUT2D eigenvalue weighted by atomic mass is 32.2. The summed E-state index contributed by atoms with van der Waals surface area (Å²) in [4.78, 5) is 16.0. The highest BCUT2D eigenvalue weighted by Gasteiger charge is 2.26. The van der Waals surface area contributed by atoms with Gasteiger partial charge in [-0.2, -0.15) is 0 Å². The highest BCUT2D eigenvalue weighted by molar-refractivity contribution is 8.03. The first kappa shape index (κ1) is 15.1. The van der Waals surface area contributed by atoms with Crippen LogP contribution in [0.4, 0.5) is 0 Å². The number of amides is 1. The smallest absolute Gasteiger partial charge is 0.258 e. The maximum Gasteiger partial charge on any atom is 0.258 e. The summed E-state index contributed by atoms with van der Waals surface area (Å²) in [7, 11) is 0. The van der Waals surface area contributed by atoms with Gasteiger partial charge in [0.05, 0.1) is 17.7 Å². The molecule has 0 aromatic carbocycles. The molecule has 2 aliphatic rings. The molecule has 2 aromatic rings. The number of hydrogen-bond donors (Lipinski definition) is 1. The Hall–Kier alpha value is -1.46. The minimum atomic E-state index is -0.00297. The number of rotatable bonds is 3. The second-order valence-corrected chi connectivity index (χ2v) is 8.41. The van der Waals surface area contributed by atoms with E-state index >= 15 is 0 Å². The molecule has 0 spiro atoms. The lowest BCUT2D eigenvalue weighted by Crippen LogP contribution is -2.23. The first-order valence-electron chi connectivity index (χ1n) is 7.99. The molecule has 1 N–H and O–H groups in total. The largest absolute Gasteiger partial charge is 0.467 e. The van der Waals surface area contributed by atoms with Crippen molar-refractivity contribution in [3.63, 3.8) is 0 Å². The summed E-state index contributed by atoms with van der Waals surface area (Å²) in [5.74, 6) is 2.49. The van der Waals surface area contributed by atoms with E-state index in [0.717, 1.165) is 22.3 Å². The molecule has 1 aliphatic carbocycles. The Morgan fingerprint density at radius 3 is 3.17 bits per heavy atom. The average Bonchev–Trinajstić information content (AvgIpc) is 3.18. The zero-order valence-electron chi connectivity index (χ0n) is 13.1. The number of furan rings is 1. The van der Waals surface area contributed by atoms with Crippen molar-refractivity contribution >= 4 is 35.1 Å². The zero-order valence-corrected chi connectivity index (χ0v) is 14.7. The van der Waals surface area contributed by atoms with Gasteiger partial charge in [0, 0.05) is 15.5 Å². The summed E-state index contributed by atoms with van der Waals surface area (Å²) in [6.07, 6.45) is 7.40. The van der Waals surface area contributed by atoms with E-state index in [1.165, 1.54) is 29.7 Å². The Labute approximate surface area is 144 Å². The molecular weight excluding hydrogens is 326 g/mol. The fourth-order valence-corrected chi connectivity index (χ4v) is 5.90. The summed E-state index contributed by atoms with van der Waals surface area (Å²) < 4.78 is 5.25. The molecule has 23 heavy (non-hydrogen) atoms. The summed E-state index contributed by atoms with van der Waals surface area (Å²) in [5, 5.41) is 2.94. The van der Waals surface area contributed by atoms with Gasteiger partial charge in [-0.3, -0.25) is 4.79 Å². The monoisotopic (exact) mass is 345 g/mol. The molecule has 2 aromatic heterocycles. The predicted octanol–water partition coefficient (Wildman–Crippen LogP) is 4.37. The fraction of sp³-hybridized carbons (Fsp3) is 0.389. The molecule has 4 rings (SSSR count). The van der Waals surface area contributed by atoms with Crippen LogP contribution in [0.2, 0.25) is 0 Å². The van der Waals surface area contributed by atoms with Gasteiger partial charge in [0.25, 0.3) is 5.91 Å². The topological polar surface area (TPSA) is 42.2 Å². The quantitative estimate of drug-likeness (QED) is 0.898. The van der Waals surface area contributed by atoms with Crippen molar-refractivity contribution in [1.82, 2.24) is 5.32 Å². The molecule has 0 radical (unpaired) electrons. The van der Waals surface area contributed by atoms with Crippen LogP contribution in [0.15, 0.2) is 27.7 Å². The van der Waals surface area contributed by atoms with Gasteiger partial charge < -0.3 is 9.73 Å². The van der Waals surface area contributed by atoms with Gasteiger partial charge in [-0.25, -0.2) is 0 Å². The van der Waals surface area contributed by atoms with Crippen molar-refractivity contribution in [1.29, 1.82) is 0 Å². The van der Waals surface area contributed by atoms with Crippen molar-refractivity contribution in [3.05, 3.63) is 49.9 Å². The second kappa shape index (κ2) is 6.21. The van der Waals surface area contributed by atoms with Gasteiger partial charge in [0.1, 0.15) is 5.76 Å². The van der Waals surface area contributed by atoms with E-state index in [1.807, 2.05) is 23.5 Å². The van der Waals surface area contributed by atoms with Crippen LogP contribution in [0.1, 0.15) is 40.0 Å². The number of carbonyl (C=O) groups is 1. The van der Waals surface area contributed by atoms with Crippen LogP contribution >= 0.6 is 23.1 Å². The van der Waals surface area contributed by atoms with Crippen molar-refractivity contribution in [2.75, 3.05) is 0 Å². The van der Waals surface area contributed by atoms with Gasteiger partial charge in [-0.1, -0.05) is 6.92 Å². The van der Waals surface area contributed by atoms with Crippen LogP contribution in [0.5, 0.6) is 0 Å². The molecule has 1 aliphatic heterocycles. The van der Waals surface area contributed by atoms with E-state index in [-0.39, 0.29) is 5.91 Å². The molecule has 120 valence electrons. The summed E-state index contributed by atoms with van der Waals surface area (Å²) in [5.41, 5.74) is 3.05. The first-order valence-corrected chi connectivity index (χ1v) is 9.79. The van der Waals surface area contributed by atoms with Gasteiger partial charge in [0.2, 0.25) is 0 Å². The molecule has 0 fully saturated rings. The second-order valence-electron chi connectivity index (χ2n) is 6.25. The summed E-state index contributed by atoms with van der Waals surface area (Å²) in [6, 6.07) is 3.70. The lowest BCUT2D eigenvalue weighted by Gasteiger charge is -2.19. The van der Waals surface area contributed by atoms with Crippen LogP contribution in [0, 0.1) is 5.92 Å². The van der Waals surface area contributed by atoms with Crippen molar-refractivity contribution < 1.29 is 9.21 Å². The maximum atomic E-state index is 12.4. The number of thiophene rings is 1. The van der Waals surface area contributed by atoms with E-state index in [2.05, 4.69) is 18.3 Å². The zero-order chi connectivity index (χ0) is 15.8. The fourth-order valence-electron chi connectivity index (χ4n) is 3.22. The summed E-state index contributed by atoms with van der Waals surface area (Å²) in [6.45, 7) is 2.77. The summed E-state index contributed by atoms with van der Waals surface area (Å²) >= 11 is 3.54. The average molecular weight is 345 g/mol. The van der Waals surface area contributed by atoms with Gasteiger partial charge in [-0.05, 0) is 54.5 Å². The lowest BCUT2D eigenvalue weighted by atomic mass is 9.88. The SMILES string of the molecule is CC1CCc2c(sc3c2CSC(C(=O)NCc2ccco2)=C3)C1. The van der Waals surface area contributed by atoms with Gasteiger partial charge in [-0.15, -0.1) is 23.1 Å². The standard InChI is InChI=1S/C18H19NO2S2/c1-11-4-5-13-14-10-22-17(8-16(14)23-15(13)7-11)18(20)19-9-12-3-2-6-21-12/h2-3,6,8,11H,4-5,7,9-10H2,1H3,(H,19,20). The minimum Gasteiger partial charge on any atom is -0.467 e. The number of hydrogen-bond acceptors (Lipinski definition) is 4. The molecule has 0 saturated heterocycles. The van der Waals surface area contributed by atoms with Gasteiger partial charge in [0.15, 0.2) is 0 Å². The van der Waals surface area contributed by atoms with Crippen LogP contribution < -0.4 is 5.32 Å². The molecule has 1 unspecified atom stereocenters. The third-order valence-electron chi connectivity index (χ3n) is 4.51. The van der Waals surface area contributed by atoms with Crippen molar-refractivity contribution in [3.8, 4) is 0 Å². The number of nitrogens with one attached hydrogen (secondary N) is 1. The Bertz CT molecular complexity index is 758. The van der Waals surface area contributed by atoms with E-state index < -0.39 is 0 Å². The minimum absolute atomic E-state index is 0.00297. The van der Waals surface area contributed by atoms with E-state index in [9.17, 15) is 4.79 Å². The van der Waals surface area contributed by atoms with E-state index in [1.54, 1.807) is 28.5 Å². The first-order chi connectivity index (χ1) is 11.2. The molecule has 5 heteroatoms. The Balaban J connectivity index is 1.51. The molecule has 3 nitrogen and oxygen atoms in total. The number of carbonyl (C=O) groups excluding carboxylic acids is 1. The van der Waals surface area contributed by atoms with E-state index in [0.29, 0.717) is 6.54 Å². The van der Waals surface area contributed by atoms with Crippen LogP contribution in [-0.4, -0.2) is 5.91 Å². The number of thioether (sulfide) groups is 1. The van der Waals surface area contributed by atoms with Crippen molar-refractivity contribution in [2.45, 2.75) is 38.5 Å². The Kier molecular flexibility index (Phi) is 4.07. The molecule has 3 heterocycles. The third kappa shape index (κ3) is 3.00. The van der Waals surface area contributed by atoms with Crippen molar-refractivity contribution in [2.24, 2.45) is 5.92 Å². The third-order valence-corrected chi connectivity index (χ3v) is 6.80. The molecule has 1 atom stereocenters.